The van der Waals surface area contributed by atoms with E-state index in [1.807, 2.05) is 26.8 Å². The number of nitrogens with zero attached hydrogens (tertiary/aromatic N) is 2. The number of hydrogen-bond donors (Lipinski definition) is 1. The first-order valence-electron chi connectivity index (χ1n) is 5.19. The van der Waals surface area contributed by atoms with Crippen LogP contribution in [-0.2, 0) is 10.3 Å². The molecule has 0 aliphatic carbocycles. The van der Waals surface area contributed by atoms with E-state index in [2.05, 4.69) is 10.1 Å². The standard InChI is InChI=1S/C11H15N3O2S/c1-6-5-7(8(12)17-6)9-13-10(14-16-9)11(2,3)15-4/h5H,12H2,1-4H3. The zero-order chi connectivity index (χ0) is 12.6. The van der Waals surface area contributed by atoms with E-state index in [9.17, 15) is 0 Å². The predicted octanol–water partition coefficient (Wildman–Crippen LogP) is 2.57. The number of aromatic nitrogens is 2. The Morgan fingerprint density at radius 1 is 1.47 bits per heavy atom. The molecule has 0 fully saturated rings. The number of aryl methyl sites for hydroxylation is 1. The van der Waals surface area contributed by atoms with Gasteiger partial charge in [-0.25, -0.2) is 0 Å². The first-order valence-corrected chi connectivity index (χ1v) is 6.01. The summed E-state index contributed by atoms with van der Waals surface area (Å²) in [5.74, 6) is 0.949. The fourth-order valence-corrected chi connectivity index (χ4v) is 2.15. The minimum Gasteiger partial charge on any atom is -0.390 e. The molecule has 0 aliphatic rings. The van der Waals surface area contributed by atoms with Crippen LogP contribution in [0.25, 0.3) is 11.5 Å². The second-order valence-electron chi connectivity index (χ2n) is 4.27. The molecule has 0 aromatic carbocycles. The lowest BCUT2D eigenvalue weighted by atomic mass is 10.1. The first-order chi connectivity index (χ1) is 7.94. The highest BCUT2D eigenvalue weighted by Gasteiger charge is 2.27. The minimum atomic E-state index is -0.568. The Morgan fingerprint density at radius 3 is 2.71 bits per heavy atom. The average molecular weight is 253 g/mol. The molecule has 5 nitrogen and oxygen atoms in total. The summed E-state index contributed by atoms with van der Waals surface area (Å²) in [6.45, 7) is 5.74. The van der Waals surface area contributed by atoms with Gasteiger partial charge in [-0.05, 0) is 26.8 Å². The lowest BCUT2D eigenvalue weighted by Crippen LogP contribution is -2.21. The topological polar surface area (TPSA) is 74.2 Å². The highest BCUT2D eigenvalue weighted by atomic mass is 32.1. The molecule has 0 spiro atoms. The Hall–Kier alpha value is -1.40. The maximum atomic E-state index is 5.88. The summed E-state index contributed by atoms with van der Waals surface area (Å²) in [6, 6.07) is 1.94. The lowest BCUT2D eigenvalue weighted by molar-refractivity contribution is 0.00973. The lowest BCUT2D eigenvalue weighted by Gasteiger charge is -2.17. The summed E-state index contributed by atoms with van der Waals surface area (Å²) in [5, 5.41) is 4.61. The number of anilines is 1. The molecule has 0 saturated carbocycles. The van der Waals surface area contributed by atoms with Crippen molar-refractivity contribution in [3.63, 3.8) is 0 Å². The number of methoxy groups -OCH3 is 1. The molecule has 0 radical (unpaired) electrons. The molecule has 0 aliphatic heterocycles. The number of nitrogen functional groups attached to an aromatic ring is 1. The van der Waals surface area contributed by atoms with Crippen molar-refractivity contribution in [3.8, 4) is 11.5 Å². The Bertz CT molecular complexity index is 531. The number of rotatable bonds is 3. The third-order valence-electron chi connectivity index (χ3n) is 2.59. The van der Waals surface area contributed by atoms with Crippen molar-refractivity contribution in [2.24, 2.45) is 0 Å². The Labute approximate surface area is 104 Å². The molecule has 2 aromatic heterocycles. The fourth-order valence-electron chi connectivity index (χ4n) is 1.37. The molecule has 6 heteroatoms. The molecule has 2 rings (SSSR count). The van der Waals surface area contributed by atoms with Crippen molar-refractivity contribution in [1.29, 1.82) is 0 Å². The molecule has 2 N–H and O–H groups in total. The fraction of sp³-hybridized carbons (Fsp3) is 0.455. The second kappa shape index (κ2) is 4.12. The van der Waals surface area contributed by atoms with Crippen molar-refractivity contribution in [3.05, 3.63) is 16.8 Å². The first kappa shape index (κ1) is 12.1. The van der Waals surface area contributed by atoms with Crippen molar-refractivity contribution in [2.75, 3.05) is 12.8 Å². The normalized spacial score (nSPS) is 12.0. The average Bonchev–Trinajstić information content (AvgIpc) is 2.85. The van der Waals surface area contributed by atoms with E-state index in [0.717, 1.165) is 10.4 Å². The molecule has 92 valence electrons. The summed E-state index contributed by atoms with van der Waals surface area (Å²) < 4.78 is 10.5. The van der Waals surface area contributed by atoms with E-state index >= 15 is 0 Å². The molecule has 0 amide bonds. The summed E-state index contributed by atoms with van der Waals surface area (Å²) in [5.41, 5.74) is 6.11. The monoisotopic (exact) mass is 253 g/mol. The zero-order valence-corrected chi connectivity index (χ0v) is 11.1. The van der Waals surface area contributed by atoms with E-state index in [4.69, 9.17) is 15.0 Å². The van der Waals surface area contributed by atoms with Gasteiger partial charge < -0.3 is 15.0 Å². The van der Waals surface area contributed by atoms with Gasteiger partial charge in [-0.15, -0.1) is 11.3 Å². The summed E-state index contributed by atoms with van der Waals surface area (Å²) >= 11 is 1.51. The van der Waals surface area contributed by atoms with Gasteiger partial charge in [0.1, 0.15) is 5.60 Å². The van der Waals surface area contributed by atoms with Gasteiger partial charge in [0.25, 0.3) is 5.89 Å². The van der Waals surface area contributed by atoms with Crippen LogP contribution in [0.2, 0.25) is 0 Å². The van der Waals surface area contributed by atoms with Crippen LogP contribution >= 0.6 is 11.3 Å². The molecular formula is C11H15N3O2S. The van der Waals surface area contributed by atoms with E-state index in [0.29, 0.717) is 16.7 Å². The van der Waals surface area contributed by atoms with Gasteiger partial charge >= 0.3 is 0 Å². The highest BCUT2D eigenvalue weighted by molar-refractivity contribution is 7.16. The summed E-state index contributed by atoms with van der Waals surface area (Å²) in [7, 11) is 1.61. The second-order valence-corrected chi connectivity index (χ2v) is 5.56. The van der Waals surface area contributed by atoms with E-state index in [1.165, 1.54) is 11.3 Å². The van der Waals surface area contributed by atoms with Crippen LogP contribution < -0.4 is 5.73 Å². The van der Waals surface area contributed by atoms with Gasteiger partial charge in [-0.3, -0.25) is 0 Å². The SMILES string of the molecule is COC(C)(C)c1noc(-c2cc(C)sc2N)n1. The maximum Gasteiger partial charge on any atom is 0.261 e. The summed E-state index contributed by atoms with van der Waals surface area (Å²) in [4.78, 5) is 5.44. The number of hydrogen-bond acceptors (Lipinski definition) is 6. The van der Waals surface area contributed by atoms with Gasteiger partial charge in [0, 0.05) is 12.0 Å². The van der Waals surface area contributed by atoms with Gasteiger partial charge in [0.2, 0.25) is 5.82 Å². The molecule has 0 saturated heterocycles. The molecule has 2 heterocycles. The highest BCUT2D eigenvalue weighted by Crippen LogP contribution is 2.33. The van der Waals surface area contributed by atoms with Crippen molar-refractivity contribution >= 4 is 16.3 Å². The molecule has 0 bridgehead atoms. The Kier molecular flexibility index (Phi) is 2.92. The number of ether oxygens (including phenoxy) is 1. The van der Waals surface area contributed by atoms with Crippen LogP contribution in [0, 0.1) is 6.92 Å². The number of thiophene rings is 1. The van der Waals surface area contributed by atoms with Crippen LogP contribution in [0.3, 0.4) is 0 Å². The maximum absolute atomic E-state index is 5.88. The predicted molar refractivity (Wildman–Crippen MR) is 66.8 cm³/mol. The van der Waals surface area contributed by atoms with Crippen LogP contribution in [0.1, 0.15) is 24.5 Å². The molecular weight excluding hydrogens is 238 g/mol. The summed E-state index contributed by atoms with van der Waals surface area (Å²) in [6.07, 6.45) is 0. The van der Waals surface area contributed by atoms with Crippen molar-refractivity contribution in [1.82, 2.24) is 10.1 Å². The van der Waals surface area contributed by atoms with E-state index in [-0.39, 0.29) is 0 Å². The molecule has 2 aromatic rings. The zero-order valence-electron chi connectivity index (χ0n) is 10.3. The molecule has 17 heavy (non-hydrogen) atoms. The van der Waals surface area contributed by atoms with Gasteiger partial charge in [-0.1, -0.05) is 5.16 Å². The number of nitrogens with two attached hydrogens (primary N) is 1. The minimum absolute atomic E-state index is 0.437. The van der Waals surface area contributed by atoms with Crippen LogP contribution in [-0.4, -0.2) is 17.3 Å². The Balaban J connectivity index is 2.40. The van der Waals surface area contributed by atoms with Gasteiger partial charge in [0.15, 0.2) is 0 Å². The van der Waals surface area contributed by atoms with Crippen LogP contribution in [0.4, 0.5) is 5.00 Å². The van der Waals surface area contributed by atoms with E-state index < -0.39 is 5.60 Å². The third-order valence-corrected chi connectivity index (χ3v) is 3.47. The molecule has 0 unspecified atom stereocenters. The largest absolute Gasteiger partial charge is 0.390 e. The smallest absolute Gasteiger partial charge is 0.261 e. The van der Waals surface area contributed by atoms with Crippen molar-refractivity contribution in [2.45, 2.75) is 26.4 Å². The van der Waals surface area contributed by atoms with Crippen LogP contribution in [0.15, 0.2) is 10.6 Å². The van der Waals surface area contributed by atoms with Gasteiger partial charge in [0.05, 0.1) is 10.6 Å². The third kappa shape index (κ3) is 2.18. The quantitative estimate of drug-likeness (QED) is 0.910. The Morgan fingerprint density at radius 2 is 2.18 bits per heavy atom. The molecule has 0 atom stereocenters. The van der Waals surface area contributed by atoms with Crippen molar-refractivity contribution < 1.29 is 9.26 Å². The van der Waals surface area contributed by atoms with Gasteiger partial charge in [-0.2, -0.15) is 4.98 Å². The van der Waals surface area contributed by atoms with Crippen LogP contribution in [0.5, 0.6) is 0 Å². The van der Waals surface area contributed by atoms with E-state index in [1.54, 1.807) is 7.11 Å².